The second-order valence-corrected chi connectivity index (χ2v) is 9.37. The van der Waals surface area contributed by atoms with Crippen LogP contribution in [-0.4, -0.2) is 55.9 Å². The Labute approximate surface area is 166 Å². The van der Waals surface area contributed by atoms with Crippen LogP contribution in [-0.2, 0) is 10.0 Å². The average molecular weight is 403 g/mol. The SMILES string of the molecule is CC(c1cccc(-c2cc(C(=O)O)cc(S(=O)(=O)N3CCCC3)c2)c1)N(C)C. The van der Waals surface area contributed by atoms with Crippen molar-refractivity contribution < 1.29 is 18.3 Å². The molecule has 1 unspecified atom stereocenters. The Bertz CT molecular complexity index is 980. The van der Waals surface area contributed by atoms with Gasteiger partial charge in [-0.3, -0.25) is 0 Å². The van der Waals surface area contributed by atoms with Gasteiger partial charge in [-0.1, -0.05) is 18.2 Å². The first-order valence-electron chi connectivity index (χ1n) is 9.35. The van der Waals surface area contributed by atoms with Crippen LogP contribution in [0.1, 0.15) is 41.7 Å². The van der Waals surface area contributed by atoms with Gasteiger partial charge in [-0.05, 0) is 74.8 Å². The molecule has 0 spiro atoms. The van der Waals surface area contributed by atoms with Crippen LogP contribution in [0.2, 0.25) is 0 Å². The number of sulfonamides is 1. The Morgan fingerprint density at radius 2 is 1.75 bits per heavy atom. The van der Waals surface area contributed by atoms with E-state index in [1.165, 1.54) is 16.4 Å². The van der Waals surface area contributed by atoms with Gasteiger partial charge in [0.2, 0.25) is 10.0 Å². The number of rotatable bonds is 6. The first kappa shape index (κ1) is 20.5. The van der Waals surface area contributed by atoms with Gasteiger partial charge in [0.1, 0.15) is 0 Å². The van der Waals surface area contributed by atoms with Gasteiger partial charge in [0.15, 0.2) is 0 Å². The molecule has 1 heterocycles. The largest absolute Gasteiger partial charge is 0.478 e. The molecule has 0 aliphatic carbocycles. The molecule has 0 saturated carbocycles. The number of carboxylic acids is 1. The lowest BCUT2D eigenvalue weighted by Crippen LogP contribution is -2.28. The Kier molecular flexibility index (Phi) is 5.88. The maximum absolute atomic E-state index is 13.0. The van der Waals surface area contributed by atoms with E-state index < -0.39 is 16.0 Å². The van der Waals surface area contributed by atoms with Gasteiger partial charge in [-0.15, -0.1) is 0 Å². The zero-order chi connectivity index (χ0) is 20.5. The summed E-state index contributed by atoms with van der Waals surface area (Å²) in [6, 6.07) is 12.3. The van der Waals surface area contributed by atoms with Crippen molar-refractivity contribution >= 4 is 16.0 Å². The van der Waals surface area contributed by atoms with Crippen molar-refractivity contribution in [1.82, 2.24) is 9.21 Å². The summed E-state index contributed by atoms with van der Waals surface area (Å²) in [6.45, 7) is 3.03. The van der Waals surface area contributed by atoms with E-state index in [1.54, 1.807) is 6.07 Å². The molecule has 6 nitrogen and oxygen atoms in total. The summed E-state index contributed by atoms with van der Waals surface area (Å²) >= 11 is 0. The molecule has 1 aliphatic heterocycles. The van der Waals surface area contributed by atoms with E-state index in [9.17, 15) is 18.3 Å². The van der Waals surface area contributed by atoms with Crippen LogP contribution in [0.15, 0.2) is 47.4 Å². The molecule has 7 heteroatoms. The first-order valence-corrected chi connectivity index (χ1v) is 10.8. The molecule has 1 fully saturated rings. The molecule has 2 aromatic rings. The summed E-state index contributed by atoms with van der Waals surface area (Å²) in [5.74, 6) is -1.14. The fraction of sp³-hybridized carbons (Fsp3) is 0.381. The fourth-order valence-corrected chi connectivity index (χ4v) is 4.98. The van der Waals surface area contributed by atoms with Gasteiger partial charge in [-0.25, -0.2) is 13.2 Å². The summed E-state index contributed by atoms with van der Waals surface area (Å²) in [5.41, 5.74) is 2.44. The third kappa shape index (κ3) is 4.11. The van der Waals surface area contributed by atoms with Crippen molar-refractivity contribution in [3.8, 4) is 11.1 Å². The van der Waals surface area contributed by atoms with Gasteiger partial charge < -0.3 is 10.0 Å². The number of hydrogen-bond acceptors (Lipinski definition) is 4. The molecule has 3 rings (SSSR count). The average Bonchev–Trinajstić information content (AvgIpc) is 3.22. The summed E-state index contributed by atoms with van der Waals surface area (Å²) in [4.78, 5) is 13.8. The Balaban J connectivity index is 2.10. The van der Waals surface area contributed by atoms with Crippen LogP contribution in [0.25, 0.3) is 11.1 Å². The number of carbonyl (C=O) groups is 1. The molecule has 0 aromatic heterocycles. The molecule has 2 aromatic carbocycles. The highest BCUT2D eigenvalue weighted by molar-refractivity contribution is 7.89. The Morgan fingerprint density at radius 1 is 1.07 bits per heavy atom. The summed E-state index contributed by atoms with van der Waals surface area (Å²) in [5, 5.41) is 9.51. The van der Waals surface area contributed by atoms with E-state index in [1.807, 2.05) is 38.4 Å². The molecule has 0 bridgehead atoms. The van der Waals surface area contributed by atoms with E-state index in [0.717, 1.165) is 24.0 Å². The van der Waals surface area contributed by atoms with E-state index in [0.29, 0.717) is 18.7 Å². The lowest BCUT2D eigenvalue weighted by atomic mass is 9.98. The lowest BCUT2D eigenvalue weighted by Gasteiger charge is -2.21. The van der Waals surface area contributed by atoms with E-state index in [2.05, 4.69) is 11.8 Å². The molecule has 1 N–H and O–H groups in total. The van der Waals surface area contributed by atoms with Crippen molar-refractivity contribution in [1.29, 1.82) is 0 Å². The van der Waals surface area contributed by atoms with Crippen LogP contribution < -0.4 is 0 Å². The standard InChI is InChI=1S/C21H26N2O4S/c1-15(22(2)3)16-7-6-8-17(11-16)18-12-19(21(24)25)14-20(13-18)28(26,27)23-9-4-5-10-23/h6-8,11-15H,4-5,9-10H2,1-3H3,(H,24,25). The molecule has 0 radical (unpaired) electrons. The lowest BCUT2D eigenvalue weighted by molar-refractivity contribution is 0.0696. The zero-order valence-electron chi connectivity index (χ0n) is 16.4. The number of carboxylic acid groups (broad SMARTS) is 1. The maximum atomic E-state index is 13.0. The number of nitrogens with zero attached hydrogens (tertiary/aromatic N) is 2. The predicted octanol–water partition coefficient (Wildman–Crippen LogP) is 3.46. The van der Waals surface area contributed by atoms with Gasteiger partial charge in [0.05, 0.1) is 10.5 Å². The second-order valence-electron chi connectivity index (χ2n) is 7.43. The molecule has 0 amide bonds. The van der Waals surface area contributed by atoms with Gasteiger partial charge in [0, 0.05) is 19.1 Å². The van der Waals surface area contributed by atoms with E-state index >= 15 is 0 Å². The van der Waals surface area contributed by atoms with E-state index in [-0.39, 0.29) is 16.5 Å². The van der Waals surface area contributed by atoms with Crippen LogP contribution in [0, 0.1) is 0 Å². The van der Waals surface area contributed by atoms with Crippen molar-refractivity contribution in [2.24, 2.45) is 0 Å². The molecule has 1 atom stereocenters. The highest BCUT2D eigenvalue weighted by atomic mass is 32.2. The smallest absolute Gasteiger partial charge is 0.335 e. The third-order valence-corrected chi connectivity index (χ3v) is 7.21. The number of benzene rings is 2. The quantitative estimate of drug-likeness (QED) is 0.801. The van der Waals surface area contributed by atoms with Crippen LogP contribution in [0.3, 0.4) is 0 Å². The molecule has 1 aliphatic rings. The van der Waals surface area contributed by atoms with E-state index in [4.69, 9.17) is 0 Å². The Hall–Kier alpha value is -2.22. The summed E-state index contributed by atoms with van der Waals surface area (Å²) in [7, 11) is 0.275. The Morgan fingerprint density at radius 3 is 2.36 bits per heavy atom. The minimum atomic E-state index is -3.70. The molecule has 28 heavy (non-hydrogen) atoms. The fourth-order valence-electron chi connectivity index (χ4n) is 3.39. The van der Waals surface area contributed by atoms with Crippen LogP contribution in [0.4, 0.5) is 0 Å². The van der Waals surface area contributed by atoms with Crippen LogP contribution in [0.5, 0.6) is 0 Å². The zero-order valence-corrected chi connectivity index (χ0v) is 17.2. The van der Waals surface area contributed by atoms with Gasteiger partial charge in [0.25, 0.3) is 0 Å². The normalized spacial score (nSPS) is 16.4. The van der Waals surface area contributed by atoms with Crippen molar-refractivity contribution in [3.05, 3.63) is 53.6 Å². The summed E-state index contributed by atoms with van der Waals surface area (Å²) in [6.07, 6.45) is 1.66. The van der Waals surface area contributed by atoms with Gasteiger partial charge >= 0.3 is 5.97 Å². The monoisotopic (exact) mass is 402 g/mol. The minimum absolute atomic E-state index is 0.0265. The molecular weight excluding hydrogens is 376 g/mol. The molecule has 150 valence electrons. The molecular formula is C21H26N2O4S. The minimum Gasteiger partial charge on any atom is -0.478 e. The second kappa shape index (κ2) is 8.03. The number of aromatic carboxylic acids is 1. The topological polar surface area (TPSA) is 77.9 Å². The van der Waals surface area contributed by atoms with Crippen molar-refractivity contribution in [2.75, 3.05) is 27.2 Å². The number of hydrogen-bond donors (Lipinski definition) is 1. The predicted molar refractivity (Wildman–Crippen MR) is 109 cm³/mol. The van der Waals surface area contributed by atoms with Crippen LogP contribution >= 0.6 is 0 Å². The third-order valence-electron chi connectivity index (χ3n) is 5.33. The van der Waals surface area contributed by atoms with Crippen molar-refractivity contribution in [3.63, 3.8) is 0 Å². The first-order chi connectivity index (χ1) is 13.2. The maximum Gasteiger partial charge on any atom is 0.335 e. The highest BCUT2D eigenvalue weighted by Gasteiger charge is 2.28. The highest BCUT2D eigenvalue weighted by Crippen LogP contribution is 2.30. The molecule has 1 saturated heterocycles. The van der Waals surface area contributed by atoms with Gasteiger partial charge in [-0.2, -0.15) is 4.31 Å². The summed E-state index contributed by atoms with van der Waals surface area (Å²) < 4.78 is 27.4. The van der Waals surface area contributed by atoms with Crippen molar-refractivity contribution in [2.45, 2.75) is 30.7 Å².